The first-order chi connectivity index (χ1) is 3.93. The van der Waals surface area contributed by atoms with Gasteiger partial charge in [-0.25, -0.2) is 0 Å². The Hall–Kier alpha value is 0.159. The molecule has 0 aliphatic heterocycles. The van der Waals surface area contributed by atoms with Gasteiger partial charge in [-0.05, 0) is 12.1 Å². The van der Waals surface area contributed by atoms with Gasteiger partial charge in [0, 0.05) is 27.3 Å². The summed E-state index contributed by atoms with van der Waals surface area (Å²) in [4.78, 5) is 0. The molecule has 3 heteroatoms. The van der Waals surface area contributed by atoms with Crippen molar-refractivity contribution in [3.63, 3.8) is 0 Å². The van der Waals surface area contributed by atoms with Gasteiger partial charge in [-0.15, -0.1) is 0 Å². The van der Waals surface area contributed by atoms with Crippen molar-refractivity contribution in [1.29, 1.82) is 0 Å². The van der Waals surface area contributed by atoms with E-state index in [0.717, 1.165) is 16.2 Å². The minimum absolute atomic E-state index is 0. The summed E-state index contributed by atoms with van der Waals surface area (Å²) in [6, 6.07) is 9.81. The van der Waals surface area contributed by atoms with E-state index in [4.69, 9.17) is 4.43 Å². The predicted octanol–water partition coefficient (Wildman–Crippen LogP) is -0.0350. The number of hydrogen-bond donors (Lipinski definition) is 0. The van der Waals surface area contributed by atoms with Crippen LogP contribution in [0.25, 0.3) is 0 Å². The van der Waals surface area contributed by atoms with E-state index >= 15 is 0 Å². The van der Waals surface area contributed by atoms with Gasteiger partial charge in [0.1, 0.15) is 5.75 Å². The maximum absolute atomic E-state index is 5.05. The molecule has 4 radical (unpaired) electrons. The topological polar surface area (TPSA) is 9.23 Å². The van der Waals surface area contributed by atoms with Crippen molar-refractivity contribution in [1.82, 2.24) is 0 Å². The third-order valence-electron chi connectivity index (χ3n) is 0.979. The SMILES string of the molecule is [Pb].[SiH3]Oc1ccccc1. The molecule has 1 nitrogen and oxygen atoms in total. The Labute approximate surface area is 78.1 Å². The molecule has 0 spiro atoms. The van der Waals surface area contributed by atoms with E-state index in [1.165, 1.54) is 0 Å². The van der Waals surface area contributed by atoms with Crippen molar-refractivity contribution in [3.8, 4) is 5.75 Å². The molecule has 0 aromatic heterocycles. The van der Waals surface area contributed by atoms with Crippen LogP contribution in [0.5, 0.6) is 5.75 Å². The summed E-state index contributed by atoms with van der Waals surface area (Å²) in [7, 11) is 0.777. The van der Waals surface area contributed by atoms with E-state index in [1.807, 2.05) is 30.3 Å². The number of rotatable bonds is 1. The van der Waals surface area contributed by atoms with Crippen LogP contribution in [0, 0.1) is 0 Å². The number of para-hydroxylation sites is 1. The van der Waals surface area contributed by atoms with Crippen molar-refractivity contribution in [3.05, 3.63) is 30.3 Å². The molecule has 0 unspecified atom stereocenters. The van der Waals surface area contributed by atoms with Crippen LogP contribution in [-0.4, -0.2) is 37.8 Å². The van der Waals surface area contributed by atoms with Gasteiger partial charge < -0.3 is 4.43 Å². The molecular formula is C6H8OPbSi. The van der Waals surface area contributed by atoms with Gasteiger partial charge >= 0.3 is 0 Å². The molecule has 0 saturated heterocycles. The first-order valence-electron chi connectivity index (χ1n) is 2.52. The van der Waals surface area contributed by atoms with Crippen molar-refractivity contribution in [2.45, 2.75) is 0 Å². The summed E-state index contributed by atoms with van der Waals surface area (Å²) in [6.45, 7) is 0. The van der Waals surface area contributed by atoms with Gasteiger partial charge in [0.25, 0.3) is 0 Å². The molecule has 1 aromatic carbocycles. The van der Waals surface area contributed by atoms with Gasteiger partial charge in [0.15, 0.2) is 0 Å². The first-order valence-corrected chi connectivity index (χ1v) is 3.34. The Bertz CT molecular complexity index is 154. The Balaban J connectivity index is 0.000000640. The molecule has 0 heterocycles. The van der Waals surface area contributed by atoms with Gasteiger partial charge in [0.2, 0.25) is 10.5 Å². The fourth-order valence-corrected chi connectivity index (χ4v) is 0.829. The standard InChI is InChI=1S/C6H8OSi.Pb/c8-7-6-4-2-1-3-5-6;/h1-5H,8H3;. The van der Waals surface area contributed by atoms with Crippen LogP contribution in [0.4, 0.5) is 0 Å². The summed E-state index contributed by atoms with van der Waals surface area (Å²) < 4.78 is 5.05. The van der Waals surface area contributed by atoms with Crippen molar-refractivity contribution in [2.75, 3.05) is 0 Å². The fourth-order valence-electron chi connectivity index (χ4n) is 0.557. The molecule has 0 fully saturated rings. The second-order valence-corrected chi connectivity index (χ2v) is 1.93. The number of benzene rings is 1. The Morgan fingerprint density at radius 2 is 1.67 bits per heavy atom. The second kappa shape index (κ2) is 4.98. The van der Waals surface area contributed by atoms with Crippen LogP contribution in [0.1, 0.15) is 0 Å². The summed E-state index contributed by atoms with van der Waals surface area (Å²) in [5.41, 5.74) is 0. The molecule has 46 valence electrons. The second-order valence-electron chi connectivity index (χ2n) is 1.52. The van der Waals surface area contributed by atoms with Crippen LogP contribution in [0.15, 0.2) is 30.3 Å². The largest absolute Gasteiger partial charge is 0.553 e. The zero-order chi connectivity index (χ0) is 5.82. The van der Waals surface area contributed by atoms with Gasteiger partial charge in [-0.2, -0.15) is 0 Å². The first kappa shape index (κ1) is 9.16. The molecule has 0 saturated carbocycles. The molecule has 9 heavy (non-hydrogen) atoms. The summed E-state index contributed by atoms with van der Waals surface area (Å²) in [5.74, 6) is 0.971. The van der Waals surface area contributed by atoms with Gasteiger partial charge in [-0.1, -0.05) is 18.2 Å². The Kier molecular flexibility index (Phi) is 5.07. The third-order valence-corrected chi connectivity index (χ3v) is 1.45. The van der Waals surface area contributed by atoms with Crippen LogP contribution < -0.4 is 4.43 Å². The smallest absolute Gasteiger partial charge is 0.204 e. The number of hydrogen-bond acceptors (Lipinski definition) is 1. The molecule has 0 aliphatic rings. The molecule has 0 N–H and O–H groups in total. The normalized spacial score (nSPS) is 8.00. The zero-order valence-corrected chi connectivity index (χ0v) is 11.2. The Morgan fingerprint density at radius 1 is 1.11 bits per heavy atom. The van der Waals surface area contributed by atoms with Crippen molar-refractivity contribution < 1.29 is 4.43 Å². The maximum Gasteiger partial charge on any atom is 0.204 e. The molecular weight excluding hydrogens is 323 g/mol. The van der Waals surface area contributed by atoms with E-state index in [2.05, 4.69) is 0 Å². The van der Waals surface area contributed by atoms with E-state index in [1.54, 1.807) is 0 Å². The van der Waals surface area contributed by atoms with Crippen molar-refractivity contribution >= 4 is 37.8 Å². The van der Waals surface area contributed by atoms with E-state index in [9.17, 15) is 0 Å². The van der Waals surface area contributed by atoms with Crippen LogP contribution in [0.2, 0.25) is 0 Å². The Morgan fingerprint density at radius 3 is 2.00 bits per heavy atom. The zero-order valence-electron chi connectivity index (χ0n) is 5.29. The fraction of sp³-hybridized carbons (Fsp3) is 0. The minimum Gasteiger partial charge on any atom is -0.553 e. The van der Waals surface area contributed by atoms with Crippen LogP contribution in [0.3, 0.4) is 0 Å². The monoisotopic (exact) mass is 332 g/mol. The quantitative estimate of drug-likeness (QED) is 0.657. The van der Waals surface area contributed by atoms with Gasteiger partial charge in [0.05, 0.1) is 0 Å². The van der Waals surface area contributed by atoms with Crippen LogP contribution >= 0.6 is 0 Å². The molecule has 0 atom stereocenters. The minimum atomic E-state index is 0. The van der Waals surface area contributed by atoms with E-state index < -0.39 is 0 Å². The van der Waals surface area contributed by atoms with Crippen LogP contribution in [-0.2, 0) is 0 Å². The maximum atomic E-state index is 5.05. The average Bonchev–Trinajstić information content (AvgIpc) is 1.90. The summed E-state index contributed by atoms with van der Waals surface area (Å²) in [6.07, 6.45) is 0. The molecule has 1 rings (SSSR count). The molecule has 0 bridgehead atoms. The predicted molar refractivity (Wildman–Crippen MR) is 42.8 cm³/mol. The van der Waals surface area contributed by atoms with Crippen molar-refractivity contribution in [2.24, 2.45) is 0 Å². The molecule has 1 aromatic rings. The van der Waals surface area contributed by atoms with E-state index in [0.29, 0.717) is 0 Å². The molecule has 0 aliphatic carbocycles. The summed E-state index contributed by atoms with van der Waals surface area (Å²) in [5, 5.41) is 0. The third kappa shape index (κ3) is 3.00. The average molecular weight is 331 g/mol. The van der Waals surface area contributed by atoms with E-state index in [-0.39, 0.29) is 27.3 Å². The van der Waals surface area contributed by atoms with Gasteiger partial charge in [-0.3, -0.25) is 0 Å². The summed E-state index contributed by atoms with van der Waals surface area (Å²) >= 11 is 0. The molecule has 0 amide bonds.